The number of rotatable bonds is 6. The number of aryl methyl sites for hydroxylation is 2. The molecule has 2 aliphatic rings. The van der Waals surface area contributed by atoms with Crippen molar-refractivity contribution in [3.05, 3.63) is 51.4 Å². The van der Waals surface area contributed by atoms with Gasteiger partial charge in [0.2, 0.25) is 15.9 Å². The van der Waals surface area contributed by atoms with Crippen LogP contribution in [0.3, 0.4) is 0 Å². The number of anilines is 1. The topological polar surface area (TPSA) is 97.7 Å². The van der Waals surface area contributed by atoms with Crippen molar-refractivity contribution in [2.75, 3.05) is 25.1 Å². The van der Waals surface area contributed by atoms with Crippen LogP contribution in [-0.4, -0.2) is 39.1 Å². The highest BCUT2D eigenvalue weighted by molar-refractivity contribution is 7.89. The lowest BCUT2D eigenvalue weighted by atomic mass is 10.00. The Labute approximate surface area is 169 Å². The Morgan fingerprint density at radius 2 is 1.79 bits per heavy atom. The van der Waals surface area contributed by atoms with Crippen LogP contribution in [0.1, 0.15) is 23.2 Å². The molecule has 3 heterocycles. The van der Waals surface area contributed by atoms with Crippen molar-refractivity contribution in [3.8, 4) is 5.75 Å². The molecule has 1 aromatic heterocycles. The third-order valence-corrected chi connectivity index (χ3v) is 6.95. The van der Waals surface area contributed by atoms with E-state index in [1.54, 1.807) is 30.0 Å². The van der Waals surface area contributed by atoms with Gasteiger partial charge in [0.25, 0.3) is 5.56 Å². The molecule has 154 valence electrons. The monoisotopic (exact) mass is 417 g/mol. The van der Waals surface area contributed by atoms with Crippen molar-refractivity contribution in [3.63, 3.8) is 0 Å². The summed E-state index contributed by atoms with van der Waals surface area (Å²) in [5.41, 5.74) is 3.15. The minimum absolute atomic E-state index is 0.0897. The summed E-state index contributed by atoms with van der Waals surface area (Å²) in [6, 6.07) is 6.43. The first-order chi connectivity index (χ1) is 13.8. The number of nitrogens with zero attached hydrogens (tertiary/aromatic N) is 2. The molecule has 29 heavy (non-hydrogen) atoms. The molecule has 1 N–H and O–H groups in total. The molecule has 4 rings (SSSR count). The van der Waals surface area contributed by atoms with E-state index in [9.17, 15) is 18.0 Å². The number of hydrogen-bond donors (Lipinski definition) is 1. The summed E-state index contributed by atoms with van der Waals surface area (Å²) in [7, 11) is -2.23. The van der Waals surface area contributed by atoms with Crippen LogP contribution in [0, 0.1) is 6.92 Å². The lowest BCUT2D eigenvalue weighted by Gasteiger charge is -2.25. The van der Waals surface area contributed by atoms with E-state index in [1.165, 1.54) is 17.7 Å². The number of methoxy groups -OCH3 is 1. The predicted molar refractivity (Wildman–Crippen MR) is 108 cm³/mol. The Morgan fingerprint density at radius 3 is 2.48 bits per heavy atom. The van der Waals surface area contributed by atoms with Crippen LogP contribution in [0.2, 0.25) is 0 Å². The van der Waals surface area contributed by atoms with Crippen molar-refractivity contribution in [2.45, 2.75) is 37.6 Å². The quantitative estimate of drug-likeness (QED) is 0.756. The lowest BCUT2D eigenvalue weighted by molar-refractivity contribution is -0.118. The van der Waals surface area contributed by atoms with E-state index in [2.05, 4.69) is 4.72 Å². The average Bonchev–Trinajstić information content (AvgIpc) is 3.12. The van der Waals surface area contributed by atoms with Gasteiger partial charge in [-0.3, -0.25) is 9.59 Å². The highest BCUT2D eigenvalue weighted by Crippen LogP contribution is 2.38. The Kier molecular flexibility index (Phi) is 4.95. The number of carbonyl (C=O) groups is 1. The van der Waals surface area contributed by atoms with E-state index in [-0.39, 0.29) is 29.5 Å². The molecule has 2 aromatic rings. The molecular weight excluding hydrogens is 394 g/mol. The number of benzene rings is 1. The van der Waals surface area contributed by atoms with Crippen LogP contribution < -0.4 is 19.9 Å². The van der Waals surface area contributed by atoms with E-state index >= 15 is 0 Å². The summed E-state index contributed by atoms with van der Waals surface area (Å²) in [5, 5.41) is 0. The molecule has 1 aromatic carbocycles. The molecule has 0 saturated heterocycles. The molecule has 8 nitrogen and oxygen atoms in total. The van der Waals surface area contributed by atoms with Crippen LogP contribution in [-0.2, 0) is 34.2 Å². The molecule has 1 amide bonds. The molecule has 0 aliphatic carbocycles. The molecule has 0 atom stereocenters. The lowest BCUT2D eigenvalue weighted by Crippen LogP contribution is -2.33. The van der Waals surface area contributed by atoms with Gasteiger partial charge in [0.05, 0.1) is 17.7 Å². The normalized spacial score (nSPS) is 15.5. The van der Waals surface area contributed by atoms with Crippen LogP contribution in [0.15, 0.2) is 34.0 Å². The zero-order valence-corrected chi connectivity index (χ0v) is 17.2. The first-order valence-corrected chi connectivity index (χ1v) is 11.0. The summed E-state index contributed by atoms with van der Waals surface area (Å²) in [6.45, 7) is 2.69. The van der Waals surface area contributed by atoms with Crippen molar-refractivity contribution < 1.29 is 17.9 Å². The second-order valence-corrected chi connectivity index (χ2v) is 9.08. The molecule has 0 unspecified atom stereocenters. The number of nitrogens with one attached hydrogen (secondary N) is 1. The van der Waals surface area contributed by atoms with E-state index in [0.29, 0.717) is 37.3 Å². The smallest absolute Gasteiger partial charge is 0.254 e. The fraction of sp³-hybridized carbons (Fsp3) is 0.400. The van der Waals surface area contributed by atoms with Crippen molar-refractivity contribution >= 4 is 21.6 Å². The maximum Gasteiger partial charge on any atom is 0.254 e. The predicted octanol–water partition coefficient (Wildman–Crippen LogP) is 0.979. The van der Waals surface area contributed by atoms with Crippen molar-refractivity contribution in [1.82, 2.24) is 9.29 Å². The maximum absolute atomic E-state index is 12.8. The Hall–Kier alpha value is -2.65. The molecule has 2 aliphatic heterocycles. The third-order valence-electron chi connectivity index (χ3n) is 5.51. The van der Waals surface area contributed by atoms with Gasteiger partial charge in [-0.25, -0.2) is 13.1 Å². The molecule has 0 radical (unpaired) electrons. The standard InChI is InChI=1S/C20H23N3O5S/c1-13-9-16(28-2)12-19(25)22(13)8-6-21-29(26,27)17-10-14-3-4-18(24)23-7-5-15(11-17)20(14)23/h9-12,21H,3-8H2,1-2H3. The fourth-order valence-corrected chi connectivity index (χ4v) is 5.18. The summed E-state index contributed by atoms with van der Waals surface area (Å²) in [4.78, 5) is 26.2. The number of amides is 1. The molecule has 0 fully saturated rings. The SMILES string of the molecule is COc1cc(C)n(CCNS(=O)(=O)c2cc3c4c(c2)CCN4C(=O)CC3)c(=O)c1. The van der Waals surface area contributed by atoms with Gasteiger partial charge in [0, 0.05) is 37.8 Å². The molecule has 9 heteroatoms. The van der Waals surface area contributed by atoms with Gasteiger partial charge in [-0.15, -0.1) is 0 Å². The van der Waals surface area contributed by atoms with E-state index in [4.69, 9.17) is 4.74 Å². The van der Waals surface area contributed by atoms with Gasteiger partial charge >= 0.3 is 0 Å². The van der Waals surface area contributed by atoms with Gasteiger partial charge in [-0.2, -0.15) is 0 Å². The highest BCUT2D eigenvalue weighted by atomic mass is 32.2. The number of pyridine rings is 1. The zero-order chi connectivity index (χ0) is 20.8. The van der Waals surface area contributed by atoms with E-state index < -0.39 is 10.0 Å². The largest absolute Gasteiger partial charge is 0.496 e. The highest BCUT2D eigenvalue weighted by Gasteiger charge is 2.32. The molecule has 0 spiro atoms. The van der Waals surface area contributed by atoms with Gasteiger partial charge in [0.15, 0.2) is 0 Å². The number of hydrogen-bond acceptors (Lipinski definition) is 5. The van der Waals surface area contributed by atoms with Crippen LogP contribution >= 0.6 is 0 Å². The van der Waals surface area contributed by atoms with Gasteiger partial charge < -0.3 is 14.2 Å². The number of sulfonamides is 1. The van der Waals surface area contributed by atoms with Crippen LogP contribution in [0.4, 0.5) is 5.69 Å². The van der Waals surface area contributed by atoms with E-state index in [0.717, 1.165) is 16.8 Å². The minimum atomic E-state index is -3.72. The van der Waals surface area contributed by atoms with Gasteiger partial charge in [-0.1, -0.05) is 0 Å². The van der Waals surface area contributed by atoms with Gasteiger partial charge in [0.1, 0.15) is 5.75 Å². The van der Waals surface area contributed by atoms with Crippen LogP contribution in [0.5, 0.6) is 5.75 Å². The maximum atomic E-state index is 12.8. The van der Waals surface area contributed by atoms with Crippen molar-refractivity contribution in [1.29, 1.82) is 0 Å². The second kappa shape index (κ2) is 7.31. The summed E-state index contributed by atoms with van der Waals surface area (Å²) < 4.78 is 34.8. The molecular formula is C20H23N3O5S. The van der Waals surface area contributed by atoms with Crippen molar-refractivity contribution in [2.24, 2.45) is 0 Å². The summed E-state index contributed by atoms with van der Waals surface area (Å²) in [5.74, 6) is 0.578. The Bertz CT molecular complexity index is 1150. The second-order valence-electron chi connectivity index (χ2n) is 7.31. The Morgan fingerprint density at radius 1 is 1.07 bits per heavy atom. The zero-order valence-electron chi connectivity index (χ0n) is 16.4. The van der Waals surface area contributed by atoms with E-state index in [1.807, 2.05) is 0 Å². The minimum Gasteiger partial charge on any atom is -0.496 e. The number of ether oxygens (including phenoxy) is 1. The molecule has 0 bridgehead atoms. The first-order valence-electron chi connectivity index (χ1n) is 9.51. The molecule has 0 saturated carbocycles. The van der Waals surface area contributed by atoms with Gasteiger partial charge in [-0.05, 0) is 49.1 Å². The summed E-state index contributed by atoms with van der Waals surface area (Å²) in [6.07, 6.45) is 1.63. The third kappa shape index (κ3) is 3.56. The average molecular weight is 417 g/mol. The first kappa shape index (κ1) is 19.7. The number of aromatic nitrogens is 1. The Balaban J connectivity index is 1.52. The van der Waals surface area contributed by atoms with Crippen LogP contribution in [0.25, 0.3) is 0 Å². The summed E-state index contributed by atoms with van der Waals surface area (Å²) >= 11 is 0. The number of carbonyl (C=O) groups excluding carboxylic acids is 1. The fourth-order valence-electron chi connectivity index (χ4n) is 4.06.